The second-order valence-electron chi connectivity index (χ2n) is 17.7. The monoisotopic (exact) mass is 897 g/mol. The predicted octanol–water partition coefficient (Wildman–Crippen LogP) is 3.10. The number of rotatable bonds is 9. The molecule has 62 heavy (non-hydrogen) atoms. The van der Waals surface area contributed by atoms with Gasteiger partial charge in [0.05, 0.1) is 16.5 Å². The van der Waals surface area contributed by atoms with Crippen LogP contribution in [0.25, 0.3) is 11.3 Å². The summed E-state index contributed by atoms with van der Waals surface area (Å²) in [7, 11) is -3.96. The fourth-order valence-electron chi connectivity index (χ4n) is 9.66. The fourth-order valence-corrected chi connectivity index (χ4v) is 11.8. The number of carbonyl (C=O) groups excluding carboxylic acids is 6. The lowest BCUT2D eigenvalue weighted by Gasteiger charge is -2.33. The van der Waals surface area contributed by atoms with Gasteiger partial charge in [-0.15, -0.1) is 11.3 Å². The molecule has 3 saturated carbocycles. The summed E-state index contributed by atoms with van der Waals surface area (Å²) in [6.45, 7) is 1.56. The predicted molar refractivity (Wildman–Crippen MR) is 222 cm³/mol. The lowest BCUT2D eigenvalue weighted by Crippen LogP contribution is -2.60. The number of halogens is 1. The molecule has 17 nitrogen and oxygen atoms in total. The number of likely N-dealkylation sites (tertiary alicyclic amines) is 1. The molecule has 20 heteroatoms. The number of nitrogens with zero attached hydrogens (tertiary/aromatic N) is 3. The van der Waals surface area contributed by atoms with E-state index in [1.54, 1.807) is 10.3 Å². The molecule has 5 fully saturated rings. The Bertz CT molecular complexity index is 2280. The zero-order valence-corrected chi connectivity index (χ0v) is 36.0. The van der Waals surface area contributed by atoms with Crippen molar-refractivity contribution in [3.63, 3.8) is 0 Å². The minimum atomic E-state index is -3.96. The van der Waals surface area contributed by atoms with Crippen LogP contribution in [0.1, 0.15) is 93.8 Å². The summed E-state index contributed by atoms with van der Waals surface area (Å²) in [5.41, 5.74) is -1.59. The first kappa shape index (κ1) is 43.5. The quantitative estimate of drug-likeness (QED) is 0.230. The van der Waals surface area contributed by atoms with Crippen LogP contribution in [0, 0.1) is 23.6 Å². The highest BCUT2D eigenvalue weighted by atomic mass is 32.2. The first-order chi connectivity index (χ1) is 29.6. The van der Waals surface area contributed by atoms with E-state index >= 15 is 0 Å². The molecule has 6 amide bonds. The van der Waals surface area contributed by atoms with E-state index in [9.17, 15) is 46.7 Å². The van der Waals surface area contributed by atoms with Crippen molar-refractivity contribution in [3.05, 3.63) is 46.6 Å². The van der Waals surface area contributed by atoms with Gasteiger partial charge in [-0.1, -0.05) is 37.8 Å². The number of nitrogens with one attached hydrogen (secondary N) is 4. The van der Waals surface area contributed by atoms with Gasteiger partial charge in [0.15, 0.2) is 16.6 Å². The van der Waals surface area contributed by atoms with Gasteiger partial charge in [-0.3, -0.25) is 28.7 Å². The van der Waals surface area contributed by atoms with Gasteiger partial charge in [-0.05, 0) is 69.6 Å². The van der Waals surface area contributed by atoms with Gasteiger partial charge in [0, 0.05) is 55.3 Å². The normalized spacial score (nSPS) is 28.9. The summed E-state index contributed by atoms with van der Waals surface area (Å²) in [6, 6.07) is 1.49. The molecular weight excluding hydrogens is 846 g/mol. The molecule has 3 aliphatic heterocycles. The van der Waals surface area contributed by atoms with Crippen molar-refractivity contribution in [1.82, 2.24) is 35.5 Å². The summed E-state index contributed by atoms with van der Waals surface area (Å²) in [6.07, 6.45) is 9.77. The summed E-state index contributed by atoms with van der Waals surface area (Å²) < 4.78 is 47.9. The molecule has 2 aromatic rings. The van der Waals surface area contributed by atoms with Gasteiger partial charge < -0.3 is 35.6 Å². The van der Waals surface area contributed by atoms with E-state index < -0.39 is 97.5 Å². The smallest absolute Gasteiger partial charge is 0.407 e. The molecule has 6 atom stereocenters. The molecule has 0 radical (unpaired) electrons. The third-order valence-corrected chi connectivity index (χ3v) is 15.9. The lowest BCUT2D eigenvalue weighted by atomic mass is 9.93. The number of carbonyl (C=O) groups is 6. The van der Waals surface area contributed by atoms with Crippen LogP contribution in [-0.4, -0.2) is 119 Å². The zero-order chi connectivity index (χ0) is 44.0. The average molecular weight is 898 g/mol. The number of alkyl carbamates (subject to hydrolysis) is 1. The van der Waals surface area contributed by atoms with Crippen molar-refractivity contribution in [2.45, 2.75) is 112 Å². The largest absolute Gasteiger partial charge is 0.505 e. The molecule has 3 aliphatic carbocycles. The Morgan fingerprint density at radius 1 is 1.05 bits per heavy atom. The van der Waals surface area contributed by atoms with Crippen LogP contribution < -0.4 is 20.7 Å². The van der Waals surface area contributed by atoms with Crippen molar-refractivity contribution < 1.29 is 51.4 Å². The molecule has 4 heterocycles. The number of ether oxygens (including phenoxy) is 1. The Hall–Kier alpha value is -5.11. The third kappa shape index (κ3) is 9.03. The standard InChI is InChI=1S/C42H52FN7O10S2/c1-24(51)46-41(15-7-8-16-41)23-60-40(57)45-31-10-6-4-2-3-5-9-27-18-42(27,39(56)48-62(58,59)28-12-13-28)47-35(53)34-29-21-49(19-26(29)20-50(34)37(31)54)38(55)36-44-32(22-61-36)25-11-14-33(52)30(43)17-25/h5,9,11,14,17,22,26-29,31,34,52H,2-4,6-8,10,12-13,15-16,18-21,23H2,1H3,(H,45,57)(H,46,51)(H,47,53)(H,48,56)/b9-5-/t26-,27+,29-,31-,34-,42-/m0/s1. The Morgan fingerprint density at radius 2 is 1.82 bits per heavy atom. The number of sulfonamides is 1. The second kappa shape index (κ2) is 17.2. The summed E-state index contributed by atoms with van der Waals surface area (Å²) in [4.78, 5) is 90.2. The molecule has 0 spiro atoms. The number of hydrogen-bond acceptors (Lipinski definition) is 12. The van der Waals surface area contributed by atoms with Gasteiger partial charge in [0.25, 0.3) is 11.8 Å². The van der Waals surface area contributed by atoms with Crippen LogP contribution in [0.15, 0.2) is 35.7 Å². The van der Waals surface area contributed by atoms with E-state index in [0.29, 0.717) is 56.2 Å². The third-order valence-electron chi connectivity index (χ3n) is 13.2. The highest BCUT2D eigenvalue weighted by Crippen LogP contribution is 2.47. The molecule has 1 aromatic heterocycles. The first-order valence-electron chi connectivity index (χ1n) is 21.4. The summed E-state index contributed by atoms with van der Waals surface area (Å²) >= 11 is 1.06. The topological polar surface area (TPSA) is 234 Å². The van der Waals surface area contributed by atoms with Crippen molar-refractivity contribution in [1.29, 1.82) is 0 Å². The Kier molecular flexibility index (Phi) is 12.1. The molecule has 0 unspecified atom stereocenters. The van der Waals surface area contributed by atoms with E-state index in [1.165, 1.54) is 24.0 Å². The van der Waals surface area contributed by atoms with Gasteiger partial charge in [-0.2, -0.15) is 0 Å². The molecule has 5 N–H and O–H groups in total. The number of aromatic nitrogens is 1. The van der Waals surface area contributed by atoms with Gasteiger partial charge >= 0.3 is 6.09 Å². The minimum Gasteiger partial charge on any atom is -0.505 e. The first-order valence-corrected chi connectivity index (χ1v) is 23.8. The maximum absolute atomic E-state index is 14.8. The number of hydrogen-bond donors (Lipinski definition) is 5. The van der Waals surface area contributed by atoms with Crippen molar-refractivity contribution in [3.8, 4) is 17.0 Å². The summed E-state index contributed by atoms with van der Waals surface area (Å²) in [5, 5.41) is 19.2. The molecule has 8 rings (SSSR count). The number of phenols is 1. The molecule has 1 aromatic carbocycles. The lowest BCUT2D eigenvalue weighted by molar-refractivity contribution is -0.142. The number of thiazole rings is 1. The average Bonchev–Trinajstić information content (AvgIpc) is 3.92. The maximum atomic E-state index is 14.8. The molecule has 6 aliphatic rings. The highest BCUT2D eigenvalue weighted by Gasteiger charge is 2.63. The van der Waals surface area contributed by atoms with Crippen LogP contribution in [0.5, 0.6) is 5.75 Å². The minimum absolute atomic E-state index is 0.0398. The molecule has 0 bridgehead atoms. The van der Waals surface area contributed by atoms with Crippen molar-refractivity contribution in [2.75, 3.05) is 26.2 Å². The van der Waals surface area contributed by atoms with Crippen molar-refractivity contribution >= 4 is 57.0 Å². The van der Waals surface area contributed by atoms with E-state index in [1.807, 2.05) is 12.2 Å². The van der Waals surface area contributed by atoms with E-state index in [2.05, 4.69) is 25.7 Å². The number of phenolic OH excluding ortho intramolecular Hbond substituents is 1. The van der Waals surface area contributed by atoms with Gasteiger partial charge in [0.2, 0.25) is 27.7 Å². The number of fused-ring (bicyclic) bond motifs is 4. The highest BCUT2D eigenvalue weighted by molar-refractivity contribution is 7.91. The number of benzene rings is 1. The van der Waals surface area contributed by atoms with E-state index in [-0.39, 0.29) is 50.0 Å². The van der Waals surface area contributed by atoms with Gasteiger partial charge in [0.1, 0.15) is 24.2 Å². The number of allylic oxidation sites excluding steroid dienone is 1. The van der Waals surface area contributed by atoms with Gasteiger partial charge in [-0.25, -0.2) is 22.6 Å². The van der Waals surface area contributed by atoms with Crippen LogP contribution in [-0.2, 0) is 33.9 Å². The molecule has 334 valence electrons. The van der Waals surface area contributed by atoms with E-state index in [0.717, 1.165) is 36.7 Å². The Balaban J connectivity index is 1.05. The SMILES string of the molecule is CC(=O)NC1(COC(=O)N[C@H]2CCCCC/C=C\[C@@H]3C[C@]3(C(=O)NS(=O)(=O)C3CC3)NC(=O)[C@@H]3[C@H]4CN(C(=O)c5nc(-c6ccc(O)c(F)c6)cs5)C[C@H]4CN3C2=O)CCCC1. The summed E-state index contributed by atoms with van der Waals surface area (Å²) in [5.74, 6) is -5.60. The molecule has 2 saturated heterocycles. The maximum Gasteiger partial charge on any atom is 0.407 e. The zero-order valence-electron chi connectivity index (χ0n) is 34.4. The Morgan fingerprint density at radius 3 is 2.55 bits per heavy atom. The molecular formula is C42H52FN7O10S2. The number of aromatic hydroxyl groups is 1. The van der Waals surface area contributed by atoms with Crippen LogP contribution in [0.4, 0.5) is 9.18 Å². The van der Waals surface area contributed by atoms with Crippen LogP contribution in [0.2, 0.25) is 0 Å². The van der Waals surface area contributed by atoms with Crippen LogP contribution >= 0.6 is 11.3 Å². The second-order valence-corrected chi connectivity index (χ2v) is 20.5. The van der Waals surface area contributed by atoms with Crippen molar-refractivity contribution in [2.24, 2.45) is 17.8 Å². The fraction of sp³-hybridized carbons (Fsp3) is 0.595. The van der Waals surface area contributed by atoms with Crippen LogP contribution in [0.3, 0.4) is 0 Å². The number of amides is 6. The Labute approximate surface area is 362 Å². The van der Waals surface area contributed by atoms with E-state index in [4.69, 9.17) is 4.74 Å².